The first kappa shape index (κ1) is 11.1. The lowest BCUT2D eigenvalue weighted by atomic mass is 9.79. The molecule has 1 heterocycles. The number of aliphatic carboxylic acids is 1. The van der Waals surface area contributed by atoms with E-state index in [4.69, 9.17) is 4.74 Å². The van der Waals surface area contributed by atoms with Crippen LogP contribution in [0.2, 0.25) is 0 Å². The molecule has 0 aromatic heterocycles. The van der Waals surface area contributed by atoms with Gasteiger partial charge in [0.1, 0.15) is 5.75 Å². The summed E-state index contributed by atoms with van der Waals surface area (Å²) in [5.41, 5.74) is 1.96. The molecule has 4 heteroatoms. The SMILES string of the molecule is COc1ccc2c(c1)[C@@H]1C=CC[C@@H]1[C@@H](C(=O)[O-])N2. The van der Waals surface area contributed by atoms with Crippen molar-refractivity contribution in [1.29, 1.82) is 0 Å². The van der Waals surface area contributed by atoms with Gasteiger partial charge in [0.15, 0.2) is 0 Å². The van der Waals surface area contributed by atoms with Crippen molar-refractivity contribution >= 4 is 11.7 Å². The van der Waals surface area contributed by atoms with E-state index in [0.717, 1.165) is 23.4 Å². The Bertz CT molecular complexity index is 524. The summed E-state index contributed by atoms with van der Waals surface area (Å²) in [5, 5.41) is 14.3. The van der Waals surface area contributed by atoms with Gasteiger partial charge in [-0.3, -0.25) is 0 Å². The predicted octanol–water partition coefficient (Wildman–Crippen LogP) is 0.899. The predicted molar refractivity (Wildman–Crippen MR) is 65.4 cm³/mol. The van der Waals surface area contributed by atoms with E-state index in [9.17, 15) is 9.90 Å². The van der Waals surface area contributed by atoms with Gasteiger partial charge in [0.05, 0.1) is 19.1 Å². The summed E-state index contributed by atoms with van der Waals surface area (Å²) in [6.07, 6.45) is 4.90. The highest BCUT2D eigenvalue weighted by molar-refractivity contribution is 5.79. The second kappa shape index (κ2) is 4.05. The monoisotopic (exact) mass is 244 g/mol. The Balaban J connectivity index is 2.06. The molecule has 0 saturated heterocycles. The minimum absolute atomic E-state index is 0.0367. The van der Waals surface area contributed by atoms with E-state index in [1.807, 2.05) is 24.3 Å². The molecule has 3 atom stereocenters. The fourth-order valence-corrected chi connectivity index (χ4v) is 2.93. The number of carboxylic acid groups (broad SMARTS) is 1. The molecule has 1 aromatic rings. The van der Waals surface area contributed by atoms with Gasteiger partial charge in [-0.05, 0) is 36.1 Å². The van der Waals surface area contributed by atoms with E-state index < -0.39 is 12.0 Å². The molecule has 1 aliphatic carbocycles. The number of fused-ring (bicyclic) bond motifs is 3. The number of nitrogens with one attached hydrogen (secondary N) is 1. The van der Waals surface area contributed by atoms with Gasteiger partial charge in [-0.25, -0.2) is 0 Å². The zero-order valence-corrected chi connectivity index (χ0v) is 10.1. The van der Waals surface area contributed by atoms with Gasteiger partial charge in [0.25, 0.3) is 0 Å². The summed E-state index contributed by atoms with van der Waals surface area (Å²) in [7, 11) is 1.63. The standard InChI is InChI=1S/C14H15NO3/c1-18-8-5-6-12-11(7-8)9-3-2-4-10(9)13(15-12)14(16)17/h2-3,5-7,9-10,13,15H,4H2,1H3,(H,16,17)/p-1/t9-,10+,13+/m1/s1. The first-order chi connectivity index (χ1) is 8.70. The summed E-state index contributed by atoms with van der Waals surface area (Å²) >= 11 is 0. The lowest BCUT2D eigenvalue weighted by molar-refractivity contribution is -0.308. The van der Waals surface area contributed by atoms with Crippen LogP contribution in [0.1, 0.15) is 17.9 Å². The van der Waals surface area contributed by atoms with Crippen molar-refractivity contribution in [2.24, 2.45) is 5.92 Å². The highest BCUT2D eigenvalue weighted by Gasteiger charge is 2.37. The maximum absolute atomic E-state index is 11.2. The minimum Gasteiger partial charge on any atom is -0.548 e. The average Bonchev–Trinajstić information content (AvgIpc) is 2.86. The molecule has 1 aromatic carbocycles. The first-order valence-electron chi connectivity index (χ1n) is 6.02. The molecule has 2 aliphatic rings. The second-order valence-corrected chi connectivity index (χ2v) is 4.75. The van der Waals surface area contributed by atoms with Crippen LogP contribution in [-0.4, -0.2) is 19.1 Å². The number of carbonyl (C=O) groups excluding carboxylic acids is 1. The summed E-state index contributed by atoms with van der Waals surface area (Å²) in [6.45, 7) is 0. The quantitative estimate of drug-likeness (QED) is 0.785. The molecule has 18 heavy (non-hydrogen) atoms. The normalized spacial score (nSPS) is 28.2. The van der Waals surface area contributed by atoms with Crippen molar-refractivity contribution in [3.8, 4) is 5.75 Å². The van der Waals surface area contributed by atoms with Crippen molar-refractivity contribution in [2.45, 2.75) is 18.4 Å². The molecule has 3 rings (SSSR count). The van der Waals surface area contributed by atoms with Crippen molar-refractivity contribution in [3.63, 3.8) is 0 Å². The lowest BCUT2D eigenvalue weighted by Gasteiger charge is -2.37. The summed E-state index contributed by atoms with van der Waals surface area (Å²) in [4.78, 5) is 11.2. The number of anilines is 1. The molecule has 1 aliphatic heterocycles. The van der Waals surface area contributed by atoms with E-state index in [1.165, 1.54) is 0 Å². The number of hydrogen-bond acceptors (Lipinski definition) is 4. The molecule has 0 bridgehead atoms. The zero-order chi connectivity index (χ0) is 12.7. The molecule has 0 fully saturated rings. The molecule has 0 spiro atoms. The van der Waals surface area contributed by atoms with Crippen LogP contribution in [-0.2, 0) is 4.79 Å². The van der Waals surface area contributed by atoms with E-state index in [2.05, 4.69) is 11.4 Å². The molecule has 1 N–H and O–H groups in total. The van der Waals surface area contributed by atoms with E-state index in [0.29, 0.717) is 0 Å². The smallest absolute Gasteiger partial charge is 0.119 e. The topological polar surface area (TPSA) is 61.4 Å². The highest BCUT2D eigenvalue weighted by atomic mass is 16.5. The van der Waals surface area contributed by atoms with Gasteiger partial charge in [0, 0.05) is 11.6 Å². The van der Waals surface area contributed by atoms with Crippen LogP contribution < -0.4 is 15.2 Å². The third-order valence-electron chi connectivity index (χ3n) is 3.82. The fourth-order valence-electron chi connectivity index (χ4n) is 2.93. The fraction of sp³-hybridized carbons (Fsp3) is 0.357. The molecule has 0 unspecified atom stereocenters. The van der Waals surface area contributed by atoms with Gasteiger partial charge in [0.2, 0.25) is 0 Å². The zero-order valence-electron chi connectivity index (χ0n) is 10.1. The van der Waals surface area contributed by atoms with Crippen molar-refractivity contribution in [3.05, 3.63) is 35.9 Å². The van der Waals surface area contributed by atoms with E-state index >= 15 is 0 Å². The Kier molecular flexibility index (Phi) is 2.51. The molecule has 0 amide bonds. The summed E-state index contributed by atoms with van der Waals surface area (Å²) in [5.74, 6) is -0.0643. The first-order valence-corrected chi connectivity index (χ1v) is 6.02. The third-order valence-corrected chi connectivity index (χ3v) is 3.82. The van der Waals surface area contributed by atoms with Crippen molar-refractivity contribution < 1.29 is 14.6 Å². The number of ether oxygens (including phenoxy) is 1. The highest BCUT2D eigenvalue weighted by Crippen LogP contribution is 2.45. The Morgan fingerprint density at radius 2 is 2.33 bits per heavy atom. The van der Waals surface area contributed by atoms with Gasteiger partial charge < -0.3 is 20.0 Å². The Morgan fingerprint density at radius 3 is 3.06 bits per heavy atom. The van der Waals surface area contributed by atoms with Gasteiger partial charge >= 0.3 is 0 Å². The van der Waals surface area contributed by atoms with Crippen molar-refractivity contribution in [2.75, 3.05) is 12.4 Å². The van der Waals surface area contributed by atoms with Crippen LogP contribution in [0.25, 0.3) is 0 Å². The molecule has 0 radical (unpaired) electrons. The van der Waals surface area contributed by atoms with Gasteiger partial charge in [-0.1, -0.05) is 12.2 Å². The Hall–Kier alpha value is -1.97. The van der Waals surface area contributed by atoms with Gasteiger partial charge in [-0.2, -0.15) is 0 Å². The molecule has 0 saturated carbocycles. The molecular formula is C14H14NO3-. The van der Waals surface area contributed by atoms with E-state index in [-0.39, 0.29) is 11.8 Å². The second-order valence-electron chi connectivity index (χ2n) is 4.75. The minimum atomic E-state index is -1.03. The molecule has 94 valence electrons. The maximum atomic E-state index is 11.2. The van der Waals surface area contributed by atoms with Crippen LogP contribution in [0.4, 0.5) is 5.69 Å². The average molecular weight is 244 g/mol. The van der Waals surface area contributed by atoms with Crippen molar-refractivity contribution in [1.82, 2.24) is 0 Å². The molecule has 4 nitrogen and oxygen atoms in total. The number of rotatable bonds is 2. The third kappa shape index (κ3) is 1.56. The maximum Gasteiger partial charge on any atom is 0.119 e. The number of allylic oxidation sites excluding steroid dienone is 2. The Morgan fingerprint density at radius 1 is 1.50 bits per heavy atom. The lowest BCUT2D eigenvalue weighted by Crippen LogP contribution is -2.48. The summed E-state index contributed by atoms with van der Waals surface area (Å²) in [6, 6.07) is 5.05. The van der Waals surface area contributed by atoms with Crippen LogP contribution in [0.3, 0.4) is 0 Å². The number of carboxylic acids is 1. The Labute approximate surface area is 105 Å². The van der Waals surface area contributed by atoms with E-state index in [1.54, 1.807) is 7.11 Å². The number of benzene rings is 1. The van der Waals surface area contributed by atoms with Crippen LogP contribution in [0.5, 0.6) is 5.75 Å². The number of methoxy groups -OCH3 is 1. The van der Waals surface area contributed by atoms with Crippen LogP contribution in [0.15, 0.2) is 30.4 Å². The van der Waals surface area contributed by atoms with Crippen LogP contribution in [0, 0.1) is 5.92 Å². The van der Waals surface area contributed by atoms with Gasteiger partial charge in [-0.15, -0.1) is 0 Å². The number of carbonyl (C=O) groups is 1. The number of hydrogen-bond donors (Lipinski definition) is 1. The summed E-state index contributed by atoms with van der Waals surface area (Å²) < 4.78 is 5.22. The van der Waals surface area contributed by atoms with Crippen LogP contribution >= 0.6 is 0 Å². The molecular weight excluding hydrogens is 230 g/mol. The largest absolute Gasteiger partial charge is 0.548 e.